The molecule has 3 aromatic rings. The number of carboxylic acids is 1. The van der Waals surface area contributed by atoms with Crippen LogP contribution >= 0.6 is 11.3 Å². The Hall–Kier alpha value is -4.07. The number of alkyl halides is 6. The Morgan fingerprint density at radius 2 is 1.41 bits per heavy atom. The standard InChI is InChI=1S/C30H30F6N2O5S/c1-28(2,3)43-27(42)37-14-6-11-21(26(40)41)38-25(39)23-13-12-22(44-23)24(17-7-4-9-19(15-17)29(31,32)33)18-8-5-10-20(16-18)30(34,35)36/h4-5,7-10,12-13,15-16,21,24H,6,11,14H2,1-3H3,(H,37,42)(H,38,39)(H,40,41)/t21-/m0/s1. The van der Waals surface area contributed by atoms with Crippen LogP contribution in [0, 0.1) is 0 Å². The average Bonchev–Trinajstić information content (AvgIpc) is 3.38. The fourth-order valence-electron chi connectivity index (χ4n) is 4.24. The summed E-state index contributed by atoms with van der Waals surface area (Å²) >= 11 is 0.816. The van der Waals surface area contributed by atoms with Gasteiger partial charge < -0.3 is 20.5 Å². The average molecular weight is 645 g/mol. The fraction of sp³-hybridized carbons (Fsp3) is 0.367. The number of aliphatic carboxylic acids is 1. The SMILES string of the molecule is CC(C)(C)OC(=O)NCCC[C@H](NC(=O)c1ccc(C(c2cccc(C(F)(F)F)c2)c2cccc(C(F)(F)F)c2)s1)C(=O)O. The van der Waals surface area contributed by atoms with Crippen LogP contribution in [0.3, 0.4) is 0 Å². The van der Waals surface area contributed by atoms with E-state index in [2.05, 4.69) is 10.6 Å². The smallest absolute Gasteiger partial charge is 0.416 e. The van der Waals surface area contributed by atoms with Gasteiger partial charge in [-0.15, -0.1) is 11.3 Å². The molecule has 0 aliphatic rings. The second-order valence-electron chi connectivity index (χ2n) is 10.8. The molecule has 0 spiro atoms. The van der Waals surface area contributed by atoms with E-state index in [0.29, 0.717) is 0 Å². The lowest BCUT2D eigenvalue weighted by Gasteiger charge is -2.20. The van der Waals surface area contributed by atoms with Gasteiger partial charge in [-0.2, -0.15) is 26.3 Å². The van der Waals surface area contributed by atoms with Crippen molar-refractivity contribution < 1.29 is 50.6 Å². The molecule has 0 bridgehead atoms. The van der Waals surface area contributed by atoms with Gasteiger partial charge in [-0.3, -0.25) is 4.79 Å². The zero-order valence-electron chi connectivity index (χ0n) is 23.8. The van der Waals surface area contributed by atoms with Crippen molar-refractivity contribution in [3.63, 3.8) is 0 Å². The van der Waals surface area contributed by atoms with Crippen molar-refractivity contribution >= 4 is 29.3 Å². The molecule has 0 fully saturated rings. The van der Waals surface area contributed by atoms with Crippen LogP contribution in [0.15, 0.2) is 60.7 Å². The van der Waals surface area contributed by atoms with Gasteiger partial charge in [0.05, 0.1) is 16.0 Å². The number of benzene rings is 2. The molecule has 0 saturated heterocycles. The second kappa shape index (κ2) is 13.7. The molecule has 7 nitrogen and oxygen atoms in total. The van der Waals surface area contributed by atoms with Gasteiger partial charge >= 0.3 is 24.4 Å². The summed E-state index contributed by atoms with van der Waals surface area (Å²) in [6.07, 6.45) is -9.96. The number of hydrogen-bond donors (Lipinski definition) is 3. The van der Waals surface area contributed by atoms with Crippen LogP contribution in [-0.4, -0.2) is 41.3 Å². The first-order valence-electron chi connectivity index (χ1n) is 13.3. The Labute approximate surface area is 253 Å². The summed E-state index contributed by atoms with van der Waals surface area (Å²) in [5.41, 5.74) is -2.61. The highest BCUT2D eigenvalue weighted by Gasteiger charge is 2.34. The number of hydrogen-bond acceptors (Lipinski definition) is 5. The van der Waals surface area contributed by atoms with Crippen molar-refractivity contribution in [2.45, 2.75) is 63.5 Å². The van der Waals surface area contributed by atoms with E-state index in [9.17, 15) is 45.8 Å². The number of carbonyl (C=O) groups excluding carboxylic acids is 2. The molecule has 1 heterocycles. The zero-order chi connectivity index (χ0) is 32.9. The molecule has 0 saturated carbocycles. The maximum Gasteiger partial charge on any atom is 0.416 e. The topological polar surface area (TPSA) is 105 Å². The molecule has 238 valence electrons. The highest BCUT2D eigenvalue weighted by Crippen LogP contribution is 2.40. The summed E-state index contributed by atoms with van der Waals surface area (Å²) in [6, 6.07) is 9.77. The number of alkyl carbamates (subject to hydrolysis) is 1. The molecule has 3 rings (SSSR count). The quantitative estimate of drug-likeness (QED) is 0.157. The number of carboxylic acid groups (broad SMARTS) is 1. The van der Waals surface area contributed by atoms with Gasteiger partial charge in [-0.1, -0.05) is 36.4 Å². The van der Waals surface area contributed by atoms with Gasteiger partial charge in [-0.05, 0) is 69.0 Å². The first-order chi connectivity index (χ1) is 20.3. The van der Waals surface area contributed by atoms with Gasteiger partial charge in [-0.25, -0.2) is 9.59 Å². The highest BCUT2D eigenvalue weighted by atomic mass is 32.1. The van der Waals surface area contributed by atoms with Crippen molar-refractivity contribution in [1.82, 2.24) is 10.6 Å². The van der Waals surface area contributed by atoms with Crippen molar-refractivity contribution in [3.8, 4) is 0 Å². The lowest BCUT2D eigenvalue weighted by atomic mass is 9.88. The number of rotatable bonds is 10. The lowest BCUT2D eigenvalue weighted by molar-refractivity contribution is -0.139. The Balaban J connectivity index is 1.84. The molecule has 1 aromatic heterocycles. The number of halogens is 6. The number of carbonyl (C=O) groups is 3. The van der Waals surface area contributed by atoms with Crippen LogP contribution in [0.4, 0.5) is 31.1 Å². The van der Waals surface area contributed by atoms with Crippen LogP contribution < -0.4 is 10.6 Å². The van der Waals surface area contributed by atoms with Gasteiger partial charge in [0, 0.05) is 17.3 Å². The van der Waals surface area contributed by atoms with Crippen LogP contribution in [0.1, 0.15) is 76.3 Å². The van der Waals surface area contributed by atoms with Crippen molar-refractivity contribution in [2.24, 2.45) is 0 Å². The van der Waals surface area contributed by atoms with Crippen molar-refractivity contribution in [1.29, 1.82) is 0 Å². The number of ether oxygens (including phenoxy) is 1. The Bertz CT molecular complexity index is 1420. The number of nitrogens with one attached hydrogen (secondary N) is 2. The lowest BCUT2D eigenvalue weighted by Crippen LogP contribution is -2.41. The first-order valence-corrected chi connectivity index (χ1v) is 14.1. The summed E-state index contributed by atoms with van der Waals surface area (Å²) in [7, 11) is 0. The third-order valence-electron chi connectivity index (χ3n) is 6.17. The van der Waals surface area contributed by atoms with Crippen LogP contribution in [0.5, 0.6) is 0 Å². The number of thiophene rings is 1. The normalized spacial score (nSPS) is 13.0. The maximum atomic E-state index is 13.5. The molecule has 1 atom stereocenters. The number of amides is 2. The summed E-state index contributed by atoms with van der Waals surface area (Å²) in [6.45, 7) is 5.12. The van der Waals surface area contributed by atoms with Gasteiger partial charge in [0.25, 0.3) is 5.91 Å². The molecular formula is C30H30F6N2O5S. The maximum absolute atomic E-state index is 13.5. The Morgan fingerprint density at radius 1 is 0.864 bits per heavy atom. The van der Waals surface area contributed by atoms with Gasteiger partial charge in [0.15, 0.2) is 0 Å². The van der Waals surface area contributed by atoms with E-state index >= 15 is 0 Å². The van der Waals surface area contributed by atoms with Gasteiger partial charge in [0.1, 0.15) is 11.6 Å². The third-order valence-corrected chi connectivity index (χ3v) is 7.32. The predicted octanol–water partition coefficient (Wildman–Crippen LogP) is 7.45. The first kappa shape index (κ1) is 34.4. The summed E-state index contributed by atoms with van der Waals surface area (Å²) in [5.74, 6) is -3.22. The van der Waals surface area contributed by atoms with E-state index in [1.807, 2.05) is 0 Å². The zero-order valence-corrected chi connectivity index (χ0v) is 24.6. The molecule has 0 aliphatic carbocycles. The van der Waals surface area contributed by atoms with Crippen LogP contribution in [0.2, 0.25) is 0 Å². The molecule has 14 heteroatoms. The predicted molar refractivity (Wildman–Crippen MR) is 151 cm³/mol. The van der Waals surface area contributed by atoms with E-state index in [4.69, 9.17) is 4.74 Å². The summed E-state index contributed by atoms with van der Waals surface area (Å²) in [5, 5.41) is 14.5. The molecule has 0 aliphatic heterocycles. The largest absolute Gasteiger partial charge is 0.480 e. The third kappa shape index (κ3) is 9.73. The fourth-order valence-corrected chi connectivity index (χ4v) is 5.31. The second-order valence-corrected chi connectivity index (χ2v) is 11.9. The van der Waals surface area contributed by atoms with E-state index in [1.54, 1.807) is 20.8 Å². The van der Waals surface area contributed by atoms with Gasteiger partial charge in [0.2, 0.25) is 0 Å². The van der Waals surface area contributed by atoms with E-state index in [-0.39, 0.29) is 40.3 Å². The molecule has 0 unspecified atom stereocenters. The molecular weight excluding hydrogens is 614 g/mol. The Kier molecular flexibility index (Phi) is 10.7. The Morgan fingerprint density at radius 3 is 1.89 bits per heavy atom. The van der Waals surface area contributed by atoms with Crippen molar-refractivity contribution in [3.05, 3.63) is 92.7 Å². The highest BCUT2D eigenvalue weighted by molar-refractivity contribution is 7.14. The molecule has 3 N–H and O–H groups in total. The van der Waals surface area contributed by atoms with E-state index < -0.39 is 59.0 Å². The molecule has 0 radical (unpaired) electrons. The van der Waals surface area contributed by atoms with E-state index in [0.717, 1.165) is 47.7 Å². The molecule has 2 aromatic carbocycles. The minimum absolute atomic E-state index is 0.00193. The van der Waals surface area contributed by atoms with E-state index in [1.165, 1.54) is 24.3 Å². The molecule has 44 heavy (non-hydrogen) atoms. The minimum Gasteiger partial charge on any atom is -0.480 e. The molecule has 2 amide bonds. The van der Waals surface area contributed by atoms with Crippen LogP contribution in [0.25, 0.3) is 0 Å². The summed E-state index contributed by atoms with van der Waals surface area (Å²) < 4.78 is 86.1. The minimum atomic E-state index is -4.71. The monoisotopic (exact) mass is 644 g/mol. The van der Waals surface area contributed by atoms with Crippen molar-refractivity contribution in [2.75, 3.05) is 6.54 Å². The van der Waals surface area contributed by atoms with Crippen LogP contribution in [-0.2, 0) is 21.9 Å². The summed E-state index contributed by atoms with van der Waals surface area (Å²) in [4.78, 5) is 36.8.